The molecule has 2 aliphatic heterocycles. The lowest BCUT2D eigenvalue weighted by Crippen LogP contribution is -2.51. The largest absolute Gasteiger partial charge is 0.368 e. The summed E-state index contributed by atoms with van der Waals surface area (Å²) >= 11 is 0. The Kier molecular flexibility index (Phi) is 5.16. The third-order valence-electron chi connectivity index (χ3n) is 5.17. The third-order valence-corrected chi connectivity index (χ3v) is 5.17. The molecule has 0 aromatic heterocycles. The number of piperazine rings is 1. The molecule has 3 rings (SSSR count). The summed E-state index contributed by atoms with van der Waals surface area (Å²) in [6.07, 6.45) is 1.98. The number of carbonyl (C=O) groups is 1. The number of piperidine rings is 1. The molecule has 0 bridgehead atoms. The Balaban J connectivity index is 1.50. The lowest BCUT2D eigenvalue weighted by Gasteiger charge is -2.39. The van der Waals surface area contributed by atoms with E-state index >= 15 is 0 Å². The number of halogens is 1. The maximum Gasteiger partial charge on any atom is 0.225 e. The van der Waals surface area contributed by atoms with Crippen molar-refractivity contribution in [3.05, 3.63) is 30.1 Å². The van der Waals surface area contributed by atoms with Crippen LogP contribution in [0.4, 0.5) is 10.1 Å². The fraction of sp³-hybridized carbons (Fsp3) is 0.611. The molecule has 0 N–H and O–H groups in total. The minimum atomic E-state index is -0.207. The number of anilines is 1. The zero-order valence-corrected chi connectivity index (χ0v) is 13.9. The minimum Gasteiger partial charge on any atom is -0.368 e. The SMILES string of the molecule is CCN1CCC(C(=O)N2CCN(c3ccc(F)cc3)CC2)CC1. The summed E-state index contributed by atoms with van der Waals surface area (Å²) in [7, 11) is 0. The van der Waals surface area contributed by atoms with Gasteiger partial charge in [0.25, 0.3) is 0 Å². The molecule has 2 aliphatic rings. The van der Waals surface area contributed by atoms with Gasteiger partial charge in [-0.3, -0.25) is 4.79 Å². The molecule has 0 radical (unpaired) electrons. The summed E-state index contributed by atoms with van der Waals surface area (Å²) in [5.41, 5.74) is 1.04. The second kappa shape index (κ2) is 7.30. The van der Waals surface area contributed by atoms with Crippen molar-refractivity contribution in [2.75, 3.05) is 50.7 Å². The standard InChI is InChI=1S/C18H26FN3O/c1-2-20-9-7-15(8-10-20)18(23)22-13-11-21(12-14-22)17-5-3-16(19)4-6-17/h3-6,15H,2,7-14H2,1H3. The van der Waals surface area contributed by atoms with Crippen LogP contribution in [0.25, 0.3) is 0 Å². The van der Waals surface area contributed by atoms with Crippen molar-refractivity contribution in [3.8, 4) is 0 Å². The molecule has 0 atom stereocenters. The second-order valence-electron chi connectivity index (χ2n) is 6.50. The number of hydrogen-bond donors (Lipinski definition) is 0. The van der Waals surface area contributed by atoms with Gasteiger partial charge in [0.15, 0.2) is 0 Å². The predicted molar refractivity (Wildman–Crippen MR) is 90.0 cm³/mol. The number of nitrogens with zero attached hydrogens (tertiary/aromatic N) is 3. The fourth-order valence-corrected chi connectivity index (χ4v) is 3.59. The fourth-order valence-electron chi connectivity index (χ4n) is 3.59. The van der Waals surface area contributed by atoms with Crippen LogP contribution in [0.2, 0.25) is 0 Å². The van der Waals surface area contributed by atoms with Crippen molar-refractivity contribution in [1.82, 2.24) is 9.80 Å². The highest BCUT2D eigenvalue weighted by Gasteiger charge is 2.30. The monoisotopic (exact) mass is 319 g/mol. The van der Waals surface area contributed by atoms with Gasteiger partial charge in [0.2, 0.25) is 5.91 Å². The Morgan fingerprint density at radius 1 is 1.04 bits per heavy atom. The highest BCUT2D eigenvalue weighted by Crippen LogP contribution is 2.22. The molecular weight excluding hydrogens is 293 g/mol. The minimum absolute atomic E-state index is 0.204. The highest BCUT2D eigenvalue weighted by atomic mass is 19.1. The van der Waals surface area contributed by atoms with E-state index in [9.17, 15) is 9.18 Å². The van der Waals surface area contributed by atoms with Gasteiger partial charge in [-0.2, -0.15) is 0 Å². The highest BCUT2D eigenvalue weighted by molar-refractivity contribution is 5.79. The smallest absolute Gasteiger partial charge is 0.225 e. The van der Waals surface area contributed by atoms with E-state index in [4.69, 9.17) is 0 Å². The lowest BCUT2D eigenvalue weighted by atomic mass is 9.95. The van der Waals surface area contributed by atoms with Gasteiger partial charge < -0.3 is 14.7 Å². The van der Waals surface area contributed by atoms with E-state index in [1.807, 2.05) is 17.0 Å². The molecule has 0 aliphatic carbocycles. The van der Waals surface area contributed by atoms with E-state index in [0.717, 1.165) is 64.3 Å². The molecule has 0 unspecified atom stereocenters. The molecule has 1 aromatic rings. The van der Waals surface area contributed by atoms with Crippen LogP contribution in [-0.2, 0) is 4.79 Å². The average molecular weight is 319 g/mol. The van der Waals surface area contributed by atoms with Crippen molar-refractivity contribution >= 4 is 11.6 Å². The Labute approximate surface area is 137 Å². The molecule has 2 heterocycles. The summed E-state index contributed by atoms with van der Waals surface area (Å²) < 4.78 is 13.0. The molecule has 1 aromatic carbocycles. The van der Waals surface area contributed by atoms with Crippen molar-refractivity contribution in [2.45, 2.75) is 19.8 Å². The summed E-state index contributed by atoms with van der Waals surface area (Å²) in [6, 6.07) is 6.61. The van der Waals surface area contributed by atoms with E-state index < -0.39 is 0 Å². The second-order valence-corrected chi connectivity index (χ2v) is 6.50. The van der Waals surface area contributed by atoms with Gasteiger partial charge >= 0.3 is 0 Å². The molecule has 0 spiro atoms. The normalized spacial score (nSPS) is 20.8. The van der Waals surface area contributed by atoms with Gasteiger partial charge in [-0.25, -0.2) is 4.39 Å². The maximum absolute atomic E-state index is 13.0. The van der Waals surface area contributed by atoms with Crippen LogP contribution in [0.15, 0.2) is 24.3 Å². The van der Waals surface area contributed by atoms with Crippen molar-refractivity contribution < 1.29 is 9.18 Å². The van der Waals surface area contributed by atoms with Crippen LogP contribution in [0.3, 0.4) is 0 Å². The first-order valence-electron chi connectivity index (χ1n) is 8.69. The van der Waals surface area contributed by atoms with E-state index in [0.29, 0.717) is 5.91 Å². The van der Waals surface area contributed by atoms with Gasteiger partial charge in [-0.15, -0.1) is 0 Å². The van der Waals surface area contributed by atoms with E-state index in [1.54, 1.807) is 0 Å². The molecule has 2 fully saturated rings. The zero-order chi connectivity index (χ0) is 16.2. The first-order chi connectivity index (χ1) is 11.2. The molecule has 0 saturated carbocycles. The third kappa shape index (κ3) is 3.83. The van der Waals surface area contributed by atoms with E-state index in [-0.39, 0.29) is 11.7 Å². The Morgan fingerprint density at radius 3 is 2.22 bits per heavy atom. The zero-order valence-electron chi connectivity index (χ0n) is 13.9. The molecule has 126 valence electrons. The van der Waals surface area contributed by atoms with Crippen LogP contribution in [0.1, 0.15) is 19.8 Å². The summed E-state index contributed by atoms with van der Waals surface area (Å²) in [6.45, 7) is 8.53. The Hall–Kier alpha value is -1.62. The van der Waals surface area contributed by atoms with Crippen LogP contribution in [0, 0.1) is 11.7 Å². The van der Waals surface area contributed by atoms with Crippen molar-refractivity contribution in [1.29, 1.82) is 0 Å². The van der Waals surface area contributed by atoms with Crippen molar-refractivity contribution in [2.24, 2.45) is 5.92 Å². The molecular formula is C18H26FN3O. The Morgan fingerprint density at radius 2 is 1.65 bits per heavy atom. The van der Waals surface area contributed by atoms with Crippen LogP contribution >= 0.6 is 0 Å². The van der Waals surface area contributed by atoms with E-state index in [2.05, 4.69) is 16.7 Å². The molecule has 23 heavy (non-hydrogen) atoms. The van der Waals surface area contributed by atoms with E-state index in [1.165, 1.54) is 12.1 Å². The summed E-state index contributed by atoms with van der Waals surface area (Å²) in [5, 5.41) is 0. The summed E-state index contributed by atoms with van der Waals surface area (Å²) in [4.78, 5) is 19.3. The van der Waals surface area contributed by atoms with Gasteiger partial charge in [0, 0.05) is 37.8 Å². The van der Waals surface area contributed by atoms with Gasteiger partial charge in [0.05, 0.1) is 0 Å². The number of carbonyl (C=O) groups excluding carboxylic acids is 1. The van der Waals surface area contributed by atoms with Gasteiger partial charge in [-0.1, -0.05) is 6.92 Å². The molecule has 5 heteroatoms. The molecule has 2 saturated heterocycles. The topological polar surface area (TPSA) is 26.8 Å². The first-order valence-corrected chi connectivity index (χ1v) is 8.69. The van der Waals surface area contributed by atoms with Gasteiger partial charge in [0.1, 0.15) is 5.82 Å². The Bertz CT molecular complexity index is 518. The average Bonchev–Trinajstić information content (AvgIpc) is 2.62. The number of rotatable bonds is 3. The van der Waals surface area contributed by atoms with Gasteiger partial charge in [-0.05, 0) is 56.7 Å². The predicted octanol–water partition coefficient (Wildman–Crippen LogP) is 2.21. The number of likely N-dealkylation sites (tertiary alicyclic amines) is 1. The lowest BCUT2D eigenvalue weighted by molar-refractivity contribution is -0.137. The van der Waals surface area contributed by atoms with Crippen LogP contribution in [-0.4, -0.2) is 61.5 Å². The quantitative estimate of drug-likeness (QED) is 0.855. The molecule has 4 nitrogen and oxygen atoms in total. The van der Waals surface area contributed by atoms with Crippen LogP contribution < -0.4 is 4.90 Å². The first kappa shape index (κ1) is 16.2. The summed E-state index contributed by atoms with van der Waals surface area (Å²) in [5.74, 6) is 0.329. The number of hydrogen-bond acceptors (Lipinski definition) is 3. The van der Waals surface area contributed by atoms with Crippen LogP contribution in [0.5, 0.6) is 0 Å². The maximum atomic E-state index is 13.0. The van der Waals surface area contributed by atoms with Crippen molar-refractivity contribution in [3.63, 3.8) is 0 Å². The molecule has 1 amide bonds. The number of amides is 1. The number of benzene rings is 1.